The minimum Gasteiger partial charge on any atom is -0.387 e. The first kappa shape index (κ1) is 22.5. The predicted octanol–water partition coefficient (Wildman–Crippen LogP) is 3.38. The summed E-state index contributed by atoms with van der Waals surface area (Å²) in [5.74, 6) is 0.458. The molecule has 3 rings (SSSR count). The van der Waals surface area contributed by atoms with E-state index in [0.29, 0.717) is 29.5 Å². The molecule has 0 aliphatic rings. The van der Waals surface area contributed by atoms with Crippen molar-refractivity contribution < 1.29 is 14.3 Å². The van der Waals surface area contributed by atoms with Gasteiger partial charge in [0, 0.05) is 36.9 Å². The number of carbonyl (C=O) groups is 1. The summed E-state index contributed by atoms with van der Waals surface area (Å²) in [4.78, 5) is 17.0. The Morgan fingerprint density at radius 2 is 2.03 bits per heavy atom. The smallest absolute Gasteiger partial charge is 0.255 e. The van der Waals surface area contributed by atoms with E-state index in [0.717, 1.165) is 11.2 Å². The van der Waals surface area contributed by atoms with Gasteiger partial charge in [0.1, 0.15) is 12.0 Å². The highest BCUT2D eigenvalue weighted by atomic mass is 19.1. The number of hydrogen-bond acceptors (Lipinski definition) is 6. The van der Waals surface area contributed by atoms with Crippen LogP contribution in [0.15, 0.2) is 42.9 Å². The summed E-state index contributed by atoms with van der Waals surface area (Å²) in [7, 11) is 0. The molecule has 8 nitrogen and oxygen atoms in total. The molecule has 0 aromatic carbocycles. The average Bonchev–Trinajstić information content (AvgIpc) is 3.17. The quantitative estimate of drug-likeness (QED) is 0.417. The van der Waals surface area contributed by atoms with Crippen molar-refractivity contribution in [1.29, 1.82) is 0 Å². The largest absolute Gasteiger partial charge is 0.387 e. The lowest BCUT2D eigenvalue weighted by Crippen LogP contribution is -2.42. The number of amides is 1. The zero-order chi connectivity index (χ0) is 22.6. The van der Waals surface area contributed by atoms with Gasteiger partial charge in [0.2, 0.25) is 0 Å². The molecule has 0 radical (unpaired) electrons. The van der Waals surface area contributed by atoms with Gasteiger partial charge in [0.25, 0.3) is 5.91 Å². The lowest BCUT2D eigenvalue weighted by atomic mass is 10.0. The summed E-state index contributed by atoms with van der Waals surface area (Å²) < 4.78 is 15.8. The van der Waals surface area contributed by atoms with Crippen molar-refractivity contribution in [3.63, 3.8) is 0 Å². The molecule has 0 bridgehead atoms. The number of rotatable bonds is 9. The van der Waals surface area contributed by atoms with Gasteiger partial charge >= 0.3 is 0 Å². The fraction of sp³-hybridized carbons (Fsp3) is 0.409. The molecule has 3 aromatic rings. The van der Waals surface area contributed by atoms with E-state index >= 15 is 0 Å². The molecule has 0 fully saturated rings. The van der Waals surface area contributed by atoms with E-state index in [1.165, 1.54) is 20.0 Å². The Morgan fingerprint density at radius 1 is 1.26 bits per heavy atom. The molecule has 0 spiro atoms. The fourth-order valence-corrected chi connectivity index (χ4v) is 2.84. The highest BCUT2D eigenvalue weighted by molar-refractivity contribution is 5.99. The van der Waals surface area contributed by atoms with Crippen LogP contribution in [-0.4, -0.2) is 50.5 Å². The highest BCUT2D eigenvalue weighted by Crippen LogP contribution is 2.23. The Hall–Kier alpha value is -3.20. The third kappa shape index (κ3) is 5.91. The molecule has 0 saturated heterocycles. The molecule has 9 heteroatoms. The molecule has 31 heavy (non-hydrogen) atoms. The van der Waals surface area contributed by atoms with Gasteiger partial charge in [-0.05, 0) is 38.0 Å². The van der Waals surface area contributed by atoms with Gasteiger partial charge < -0.3 is 21.1 Å². The number of aliphatic hydroxyl groups is 1. The standard InChI is InChI=1S/C22H29FN6O2/c1-14(2)11-24-18-10-20(28-15-6-8-29-16(9-15)5-7-27-29)25-12-17(18)21(30)26-13-19(23)22(3,4)31/h5-10,12,14,19,31H,11,13H2,1-4H3,(H,26,30)(H2,24,25,28). The molecule has 1 amide bonds. The van der Waals surface area contributed by atoms with Gasteiger partial charge in [0.15, 0.2) is 0 Å². The van der Waals surface area contributed by atoms with Crippen molar-refractivity contribution in [3.8, 4) is 0 Å². The number of pyridine rings is 2. The van der Waals surface area contributed by atoms with Crippen molar-refractivity contribution in [3.05, 3.63) is 48.4 Å². The number of carbonyl (C=O) groups excluding carboxylic acids is 1. The average molecular weight is 429 g/mol. The van der Waals surface area contributed by atoms with Crippen LogP contribution >= 0.6 is 0 Å². The second-order valence-electron chi connectivity index (χ2n) is 8.46. The van der Waals surface area contributed by atoms with E-state index in [9.17, 15) is 14.3 Å². The number of nitrogens with one attached hydrogen (secondary N) is 3. The number of halogens is 1. The van der Waals surface area contributed by atoms with Crippen LogP contribution in [0.3, 0.4) is 0 Å². The minimum absolute atomic E-state index is 0.294. The molecule has 1 unspecified atom stereocenters. The van der Waals surface area contributed by atoms with Crippen molar-refractivity contribution >= 4 is 28.6 Å². The summed E-state index contributed by atoms with van der Waals surface area (Å²) in [5.41, 5.74) is 1.13. The topological polar surface area (TPSA) is 104 Å². The molecule has 4 N–H and O–H groups in total. The summed E-state index contributed by atoms with van der Waals surface area (Å²) in [5, 5.41) is 22.9. The van der Waals surface area contributed by atoms with Crippen molar-refractivity contribution in [2.24, 2.45) is 5.92 Å². The normalized spacial score (nSPS) is 12.7. The minimum atomic E-state index is -1.59. The molecule has 0 aliphatic carbocycles. The van der Waals surface area contributed by atoms with E-state index in [1.54, 1.807) is 16.8 Å². The Morgan fingerprint density at radius 3 is 2.74 bits per heavy atom. The third-order valence-corrected chi connectivity index (χ3v) is 4.73. The number of alkyl halides is 1. The maximum Gasteiger partial charge on any atom is 0.255 e. The molecule has 0 aliphatic heterocycles. The van der Waals surface area contributed by atoms with E-state index in [1.807, 2.05) is 24.4 Å². The SMILES string of the molecule is CC(C)CNc1cc(Nc2ccn3nccc3c2)ncc1C(=O)NCC(F)C(C)(C)O. The Labute approximate surface area is 180 Å². The van der Waals surface area contributed by atoms with Crippen molar-refractivity contribution in [1.82, 2.24) is 19.9 Å². The summed E-state index contributed by atoms with van der Waals surface area (Å²) in [6, 6.07) is 7.46. The molecular formula is C22H29FN6O2. The van der Waals surface area contributed by atoms with Crippen LogP contribution in [0.4, 0.5) is 21.6 Å². The van der Waals surface area contributed by atoms with Crippen molar-refractivity contribution in [2.75, 3.05) is 23.7 Å². The zero-order valence-electron chi connectivity index (χ0n) is 18.2. The Bertz CT molecular complexity index is 1040. The number of aromatic nitrogens is 3. The third-order valence-electron chi connectivity index (χ3n) is 4.73. The monoisotopic (exact) mass is 428 g/mol. The summed E-state index contributed by atoms with van der Waals surface area (Å²) in [6.45, 7) is 7.21. The van der Waals surface area contributed by atoms with Crippen LogP contribution < -0.4 is 16.0 Å². The second kappa shape index (κ2) is 9.30. The maximum absolute atomic E-state index is 14.0. The second-order valence-corrected chi connectivity index (χ2v) is 8.46. The van der Waals surface area contributed by atoms with Crippen LogP contribution in [0.1, 0.15) is 38.1 Å². The first-order valence-electron chi connectivity index (χ1n) is 10.2. The van der Waals surface area contributed by atoms with Crippen LogP contribution in [-0.2, 0) is 0 Å². The molecular weight excluding hydrogens is 399 g/mol. The first-order valence-corrected chi connectivity index (χ1v) is 10.2. The van der Waals surface area contributed by atoms with E-state index < -0.39 is 17.7 Å². The summed E-state index contributed by atoms with van der Waals surface area (Å²) >= 11 is 0. The van der Waals surface area contributed by atoms with E-state index in [-0.39, 0.29) is 6.54 Å². The maximum atomic E-state index is 14.0. The van der Waals surface area contributed by atoms with Gasteiger partial charge in [-0.25, -0.2) is 13.9 Å². The molecule has 166 valence electrons. The zero-order valence-corrected chi connectivity index (χ0v) is 18.2. The molecule has 0 saturated carbocycles. The first-order chi connectivity index (χ1) is 14.6. The lowest BCUT2D eigenvalue weighted by Gasteiger charge is -2.22. The van der Waals surface area contributed by atoms with Gasteiger partial charge in [-0.15, -0.1) is 0 Å². The van der Waals surface area contributed by atoms with E-state index in [2.05, 4.69) is 39.9 Å². The van der Waals surface area contributed by atoms with Crippen LogP contribution in [0, 0.1) is 5.92 Å². The van der Waals surface area contributed by atoms with Gasteiger partial charge in [-0.1, -0.05) is 13.8 Å². The number of anilines is 3. The van der Waals surface area contributed by atoms with Crippen LogP contribution in [0.2, 0.25) is 0 Å². The van der Waals surface area contributed by atoms with Crippen molar-refractivity contribution in [2.45, 2.75) is 39.5 Å². The fourth-order valence-electron chi connectivity index (χ4n) is 2.84. The van der Waals surface area contributed by atoms with Gasteiger partial charge in [-0.3, -0.25) is 4.79 Å². The predicted molar refractivity (Wildman–Crippen MR) is 120 cm³/mol. The molecule has 3 heterocycles. The molecule has 3 aromatic heterocycles. The lowest BCUT2D eigenvalue weighted by molar-refractivity contribution is -0.00177. The molecule has 1 atom stereocenters. The highest BCUT2D eigenvalue weighted by Gasteiger charge is 2.27. The van der Waals surface area contributed by atoms with Crippen LogP contribution in [0.5, 0.6) is 0 Å². The van der Waals surface area contributed by atoms with Crippen LogP contribution in [0.25, 0.3) is 5.52 Å². The Balaban J connectivity index is 1.79. The number of hydrogen-bond donors (Lipinski definition) is 4. The van der Waals surface area contributed by atoms with Gasteiger partial charge in [0.05, 0.1) is 28.9 Å². The number of fused-ring (bicyclic) bond motifs is 1. The summed E-state index contributed by atoms with van der Waals surface area (Å²) in [6.07, 6.45) is 3.43. The van der Waals surface area contributed by atoms with Gasteiger partial charge in [-0.2, -0.15) is 5.10 Å². The van der Waals surface area contributed by atoms with E-state index in [4.69, 9.17) is 0 Å². The Kier molecular flexibility index (Phi) is 6.74. The number of nitrogens with zero attached hydrogens (tertiary/aromatic N) is 3.